The van der Waals surface area contributed by atoms with E-state index >= 15 is 0 Å². The molecule has 1 aliphatic heterocycles. The van der Waals surface area contributed by atoms with Crippen molar-refractivity contribution in [2.45, 2.75) is 13.2 Å². The molecule has 3 aromatic rings. The first-order valence-electron chi connectivity index (χ1n) is 9.76. The largest absolute Gasteiger partial charge is 0.486 e. The number of ether oxygens (including phenoxy) is 1. The first-order chi connectivity index (χ1) is 15.8. The number of nitrogens with one attached hydrogen (secondary N) is 1. The second-order valence-electron chi connectivity index (χ2n) is 7.20. The SMILES string of the molecule is O=C1N/C(=C/c2cc(Cl)c(OCc3cccc(F)c3)c(Cl)c2)C(=O)N1Cc1ccccc1F. The number of hydrogen-bond donors (Lipinski definition) is 1. The zero-order valence-electron chi connectivity index (χ0n) is 16.9. The molecule has 168 valence electrons. The summed E-state index contributed by atoms with van der Waals surface area (Å²) in [4.78, 5) is 25.9. The predicted molar refractivity (Wildman–Crippen MR) is 121 cm³/mol. The maximum Gasteiger partial charge on any atom is 0.329 e. The number of halogens is 4. The highest BCUT2D eigenvalue weighted by atomic mass is 35.5. The highest BCUT2D eigenvalue weighted by Gasteiger charge is 2.34. The molecule has 33 heavy (non-hydrogen) atoms. The minimum absolute atomic E-state index is 0.00287. The molecule has 3 aromatic carbocycles. The molecule has 0 atom stereocenters. The topological polar surface area (TPSA) is 58.6 Å². The fraction of sp³-hybridized carbons (Fsp3) is 0.0833. The molecule has 0 bridgehead atoms. The van der Waals surface area contributed by atoms with Crippen LogP contribution < -0.4 is 10.1 Å². The number of nitrogens with zero attached hydrogens (tertiary/aromatic N) is 1. The molecule has 0 spiro atoms. The molecule has 1 aliphatic rings. The minimum Gasteiger partial charge on any atom is -0.486 e. The van der Waals surface area contributed by atoms with Crippen LogP contribution in [0, 0.1) is 11.6 Å². The smallest absolute Gasteiger partial charge is 0.329 e. The molecule has 0 unspecified atom stereocenters. The van der Waals surface area contributed by atoms with Gasteiger partial charge in [-0.1, -0.05) is 53.5 Å². The van der Waals surface area contributed by atoms with Gasteiger partial charge >= 0.3 is 6.03 Å². The molecule has 0 saturated carbocycles. The number of carbonyl (C=O) groups excluding carboxylic acids is 2. The number of rotatable bonds is 6. The quantitative estimate of drug-likeness (QED) is 0.344. The summed E-state index contributed by atoms with van der Waals surface area (Å²) in [6.07, 6.45) is 1.41. The molecule has 1 N–H and O–H groups in total. The van der Waals surface area contributed by atoms with E-state index in [-0.39, 0.29) is 46.0 Å². The van der Waals surface area contributed by atoms with Gasteiger partial charge in [0, 0.05) is 5.56 Å². The van der Waals surface area contributed by atoms with Crippen molar-refractivity contribution in [3.8, 4) is 5.75 Å². The number of hydrogen-bond acceptors (Lipinski definition) is 3. The second-order valence-corrected chi connectivity index (χ2v) is 8.02. The summed E-state index contributed by atoms with van der Waals surface area (Å²) in [7, 11) is 0. The summed E-state index contributed by atoms with van der Waals surface area (Å²) in [6, 6.07) is 14.2. The van der Waals surface area contributed by atoms with Crippen molar-refractivity contribution in [2.24, 2.45) is 0 Å². The van der Waals surface area contributed by atoms with Crippen LogP contribution in [0.25, 0.3) is 6.08 Å². The van der Waals surface area contributed by atoms with Crippen LogP contribution in [0.2, 0.25) is 10.0 Å². The van der Waals surface area contributed by atoms with Gasteiger partial charge in [0.25, 0.3) is 5.91 Å². The predicted octanol–water partition coefficient (Wildman–Crippen LogP) is 5.94. The van der Waals surface area contributed by atoms with Gasteiger partial charge in [-0.25, -0.2) is 13.6 Å². The summed E-state index contributed by atoms with van der Waals surface area (Å²) in [6.45, 7) is -0.153. The third-order valence-corrected chi connectivity index (χ3v) is 5.41. The lowest BCUT2D eigenvalue weighted by Crippen LogP contribution is -2.30. The zero-order valence-corrected chi connectivity index (χ0v) is 18.5. The van der Waals surface area contributed by atoms with Crippen LogP contribution in [0.3, 0.4) is 0 Å². The number of amides is 3. The molecule has 1 fully saturated rings. The van der Waals surface area contributed by atoms with E-state index in [0.29, 0.717) is 11.1 Å². The van der Waals surface area contributed by atoms with Crippen molar-refractivity contribution in [2.75, 3.05) is 0 Å². The van der Waals surface area contributed by atoms with E-state index < -0.39 is 17.8 Å². The Morgan fingerprint density at radius 2 is 1.70 bits per heavy atom. The lowest BCUT2D eigenvalue weighted by atomic mass is 10.1. The van der Waals surface area contributed by atoms with Gasteiger partial charge in [0.2, 0.25) is 0 Å². The Morgan fingerprint density at radius 1 is 0.970 bits per heavy atom. The third kappa shape index (κ3) is 5.16. The number of carbonyl (C=O) groups is 2. The van der Waals surface area contributed by atoms with Gasteiger partial charge in [-0.3, -0.25) is 9.69 Å². The van der Waals surface area contributed by atoms with Gasteiger partial charge in [-0.15, -0.1) is 0 Å². The average Bonchev–Trinajstić information content (AvgIpc) is 3.02. The van der Waals surface area contributed by atoms with Gasteiger partial charge in [0.15, 0.2) is 5.75 Å². The normalized spacial score (nSPS) is 14.7. The molecule has 1 heterocycles. The van der Waals surface area contributed by atoms with Crippen LogP contribution in [0.1, 0.15) is 16.7 Å². The molecule has 3 amide bonds. The highest BCUT2D eigenvalue weighted by molar-refractivity contribution is 6.37. The first-order valence-corrected chi connectivity index (χ1v) is 10.5. The molecule has 4 rings (SSSR count). The molecule has 0 aromatic heterocycles. The van der Waals surface area contributed by atoms with Crippen LogP contribution in [-0.2, 0) is 17.9 Å². The van der Waals surface area contributed by atoms with Crippen molar-refractivity contribution in [1.82, 2.24) is 10.2 Å². The average molecular weight is 489 g/mol. The van der Waals surface area contributed by atoms with Gasteiger partial charge < -0.3 is 10.1 Å². The van der Waals surface area contributed by atoms with E-state index in [4.69, 9.17) is 27.9 Å². The molecule has 0 radical (unpaired) electrons. The summed E-state index contributed by atoms with van der Waals surface area (Å²) >= 11 is 12.6. The van der Waals surface area contributed by atoms with E-state index in [9.17, 15) is 18.4 Å². The molecule has 1 saturated heterocycles. The van der Waals surface area contributed by atoms with E-state index in [1.54, 1.807) is 18.2 Å². The molecule has 5 nitrogen and oxygen atoms in total. The van der Waals surface area contributed by atoms with Crippen LogP contribution in [0.15, 0.2) is 66.4 Å². The van der Waals surface area contributed by atoms with Gasteiger partial charge in [-0.2, -0.15) is 0 Å². The second kappa shape index (κ2) is 9.60. The van der Waals surface area contributed by atoms with Crippen molar-refractivity contribution in [1.29, 1.82) is 0 Å². The van der Waals surface area contributed by atoms with E-state index in [1.807, 2.05) is 0 Å². The van der Waals surface area contributed by atoms with Crippen molar-refractivity contribution in [3.05, 3.63) is 105 Å². The van der Waals surface area contributed by atoms with Crippen LogP contribution in [0.4, 0.5) is 13.6 Å². The van der Waals surface area contributed by atoms with E-state index in [1.165, 1.54) is 48.5 Å². The molecule has 0 aliphatic carbocycles. The lowest BCUT2D eigenvalue weighted by Gasteiger charge is -2.12. The fourth-order valence-corrected chi connectivity index (χ4v) is 3.87. The van der Waals surface area contributed by atoms with E-state index in [0.717, 1.165) is 4.90 Å². The van der Waals surface area contributed by atoms with Crippen molar-refractivity contribution < 1.29 is 23.1 Å². The molecular weight excluding hydrogens is 473 g/mol. The molecular formula is C24H16Cl2F2N2O3. The summed E-state index contributed by atoms with van der Waals surface area (Å²) < 4.78 is 32.9. The zero-order chi connectivity index (χ0) is 23.5. The lowest BCUT2D eigenvalue weighted by molar-refractivity contribution is -0.123. The van der Waals surface area contributed by atoms with Crippen molar-refractivity contribution >= 4 is 41.2 Å². The Labute approximate surface area is 198 Å². The van der Waals surface area contributed by atoms with E-state index in [2.05, 4.69) is 5.32 Å². The third-order valence-electron chi connectivity index (χ3n) is 4.85. The Hall–Kier alpha value is -3.42. The van der Waals surface area contributed by atoms with Crippen LogP contribution >= 0.6 is 23.2 Å². The standard InChI is InChI=1S/C24H16Cl2F2N2O3/c25-18-9-15(10-19(26)22(18)33-13-14-4-3-6-17(27)8-14)11-21-23(31)30(24(32)29-21)12-16-5-1-2-7-20(16)28/h1-11H,12-13H2,(H,29,32)/b21-11+. The number of benzene rings is 3. The van der Waals surface area contributed by atoms with Gasteiger partial charge in [0.05, 0.1) is 16.6 Å². The maximum atomic E-state index is 13.9. The Kier molecular flexibility index (Phi) is 6.62. The summed E-state index contributed by atoms with van der Waals surface area (Å²) in [5.41, 5.74) is 1.26. The maximum absolute atomic E-state index is 13.9. The van der Waals surface area contributed by atoms with Crippen LogP contribution in [-0.4, -0.2) is 16.8 Å². The summed E-state index contributed by atoms with van der Waals surface area (Å²) in [5, 5.41) is 2.81. The monoisotopic (exact) mass is 488 g/mol. The number of urea groups is 1. The summed E-state index contributed by atoms with van der Waals surface area (Å²) in [5.74, 6) is -1.31. The molecule has 9 heteroatoms. The Morgan fingerprint density at radius 3 is 2.39 bits per heavy atom. The number of imide groups is 1. The van der Waals surface area contributed by atoms with Crippen LogP contribution in [0.5, 0.6) is 5.75 Å². The van der Waals surface area contributed by atoms with Gasteiger partial charge in [0.1, 0.15) is 23.9 Å². The first kappa shape index (κ1) is 22.8. The highest BCUT2D eigenvalue weighted by Crippen LogP contribution is 2.35. The van der Waals surface area contributed by atoms with Gasteiger partial charge in [-0.05, 0) is 47.5 Å². The fourth-order valence-electron chi connectivity index (χ4n) is 3.26. The minimum atomic E-state index is -0.665. The Bertz CT molecular complexity index is 1260. The van der Waals surface area contributed by atoms with Crippen molar-refractivity contribution in [3.63, 3.8) is 0 Å². The Balaban J connectivity index is 1.51.